The Labute approximate surface area is 114 Å². The molecule has 1 heterocycles. The molecule has 1 atom stereocenters. The van der Waals surface area contributed by atoms with Crippen molar-refractivity contribution in [3.63, 3.8) is 0 Å². The molecule has 0 aromatic rings. The molecule has 0 spiro atoms. The van der Waals surface area contributed by atoms with Crippen molar-refractivity contribution in [2.24, 2.45) is 0 Å². The first-order valence-corrected chi connectivity index (χ1v) is 6.42. The number of ether oxygens (including phenoxy) is 1. The van der Waals surface area contributed by atoms with E-state index in [0.29, 0.717) is 0 Å². The van der Waals surface area contributed by atoms with Crippen LogP contribution in [0.25, 0.3) is 0 Å². The second kappa shape index (κ2) is 7.69. The second-order valence-corrected chi connectivity index (χ2v) is 4.75. The van der Waals surface area contributed by atoms with E-state index in [0.717, 1.165) is 25.1 Å². The summed E-state index contributed by atoms with van der Waals surface area (Å²) in [7, 11) is 2.05. The van der Waals surface area contributed by atoms with Crippen molar-refractivity contribution in [1.82, 2.24) is 4.90 Å². The maximum absolute atomic E-state index is 11.6. The highest BCUT2D eigenvalue weighted by Crippen LogP contribution is 2.09. The summed E-state index contributed by atoms with van der Waals surface area (Å²) >= 11 is 0. The molecule has 0 amide bonds. The zero-order valence-corrected chi connectivity index (χ0v) is 11.8. The number of hydrogen-bond acceptors (Lipinski definition) is 4. The van der Waals surface area contributed by atoms with E-state index in [1.807, 2.05) is 7.05 Å². The third-order valence-corrected chi connectivity index (χ3v) is 2.71. The number of nitrogens with zero attached hydrogens (tertiary/aromatic N) is 1. The minimum Gasteiger partial charge on any atom is -0.455 e. The summed E-state index contributed by atoms with van der Waals surface area (Å²) in [6, 6.07) is 0. The van der Waals surface area contributed by atoms with Gasteiger partial charge in [0.25, 0.3) is 0 Å². The second-order valence-electron chi connectivity index (χ2n) is 4.75. The molecule has 0 aromatic carbocycles. The van der Waals surface area contributed by atoms with Gasteiger partial charge in [0, 0.05) is 19.2 Å². The molecule has 0 fully saturated rings. The van der Waals surface area contributed by atoms with Crippen LogP contribution in [0.3, 0.4) is 0 Å². The van der Waals surface area contributed by atoms with Crippen LogP contribution in [-0.4, -0.2) is 42.9 Å². The van der Waals surface area contributed by atoms with Gasteiger partial charge in [0.05, 0.1) is 0 Å². The molecule has 0 N–H and O–H groups in total. The lowest BCUT2D eigenvalue weighted by atomic mass is 10.1. The maximum atomic E-state index is 11.6. The van der Waals surface area contributed by atoms with Gasteiger partial charge in [0.15, 0.2) is 5.78 Å². The van der Waals surface area contributed by atoms with Crippen LogP contribution in [0.5, 0.6) is 0 Å². The van der Waals surface area contributed by atoms with Crippen LogP contribution in [0.15, 0.2) is 36.0 Å². The molecule has 1 rings (SSSR count). The molecule has 4 nitrogen and oxygen atoms in total. The molecule has 0 unspecified atom stereocenters. The molecule has 0 saturated heterocycles. The minimum atomic E-state index is -0.399. The summed E-state index contributed by atoms with van der Waals surface area (Å²) < 4.78 is 5.11. The molecule has 104 valence electrons. The molecule has 0 bridgehead atoms. The van der Waals surface area contributed by atoms with Crippen LogP contribution in [0.1, 0.15) is 20.3 Å². The Hall–Kier alpha value is -1.68. The average molecular weight is 263 g/mol. The van der Waals surface area contributed by atoms with Gasteiger partial charge in [0.2, 0.25) is 0 Å². The number of hydrogen-bond donors (Lipinski definition) is 0. The zero-order chi connectivity index (χ0) is 14.3. The van der Waals surface area contributed by atoms with Crippen LogP contribution < -0.4 is 0 Å². The Morgan fingerprint density at radius 2 is 2.16 bits per heavy atom. The van der Waals surface area contributed by atoms with Gasteiger partial charge in [-0.2, -0.15) is 0 Å². The quantitative estimate of drug-likeness (QED) is 0.561. The molecule has 0 saturated carbocycles. The summed E-state index contributed by atoms with van der Waals surface area (Å²) in [5.74, 6) is -0.455. The first-order chi connectivity index (χ1) is 8.97. The largest absolute Gasteiger partial charge is 0.455 e. The molecule has 0 aliphatic carbocycles. The lowest BCUT2D eigenvalue weighted by molar-refractivity contribution is -0.140. The Bertz CT molecular complexity index is 421. The van der Waals surface area contributed by atoms with Gasteiger partial charge in [-0.15, -0.1) is 0 Å². The first kappa shape index (κ1) is 15.4. The van der Waals surface area contributed by atoms with Gasteiger partial charge in [-0.3, -0.25) is 4.79 Å². The number of carbonyl (C=O) groups excluding carboxylic acids is 2. The third-order valence-electron chi connectivity index (χ3n) is 2.71. The normalized spacial score (nSPS) is 18.6. The van der Waals surface area contributed by atoms with Crippen LogP contribution in [0.2, 0.25) is 0 Å². The topological polar surface area (TPSA) is 46.6 Å². The molecular weight excluding hydrogens is 242 g/mol. The van der Waals surface area contributed by atoms with Crippen LogP contribution in [0.4, 0.5) is 0 Å². The van der Waals surface area contributed by atoms with Crippen molar-refractivity contribution in [2.75, 3.05) is 20.1 Å². The van der Waals surface area contributed by atoms with Gasteiger partial charge in [-0.1, -0.05) is 12.2 Å². The highest BCUT2D eigenvalue weighted by atomic mass is 16.5. The van der Waals surface area contributed by atoms with E-state index < -0.39 is 12.1 Å². The van der Waals surface area contributed by atoms with E-state index >= 15 is 0 Å². The molecule has 0 radical (unpaired) electrons. The predicted octanol–water partition coefficient (Wildman–Crippen LogP) is 1.88. The number of allylic oxidation sites excluding steroid dienone is 1. The van der Waals surface area contributed by atoms with Crippen LogP contribution in [0, 0.1) is 0 Å². The van der Waals surface area contributed by atoms with Crippen molar-refractivity contribution in [2.45, 2.75) is 26.4 Å². The Morgan fingerprint density at radius 1 is 1.42 bits per heavy atom. The number of rotatable bonds is 5. The number of likely N-dealkylation sites (N-methyl/N-ethyl adjacent to an activating group) is 1. The summed E-state index contributed by atoms with van der Waals surface area (Å²) in [5.41, 5.74) is 1.12. The smallest absolute Gasteiger partial charge is 0.331 e. The van der Waals surface area contributed by atoms with Crippen molar-refractivity contribution < 1.29 is 14.3 Å². The van der Waals surface area contributed by atoms with Gasteiger partial charge >= 0.3 is 5.97 Å². The van der Waals surface area contributed by atoms with E-state index in [1.54, 1.807) is 19.1 Å². The van der Waals surface area contributed by atoms with Crippen LogP contribution >= 0.6 is 0 Å². The Balaban J connectivity index is 2.42. The number of ketones is 1. The van der Waals surface area contributed by atoms with Gasteiger partial charge in [0.1, 0.15) is 6.10 Å². The van der Waals surface area contributed by atoms with Gasteiger partial charge < -0.3 is 9.64 Å². The Morgan fingerprint density at radius 3 is 2.79 bits per heavy atom. The monoisotopic (exact) mass is 263 g/mol. The molecule has 1 aliphatic rings. The van der Waals surface area contributed by atoms with Crippen molar-refractivity contribution in [3.05, 3.63) is 36.0 Å². The number of esters is 1. The lowest BCUT2D eigenvalue weighted by Crippen LogP contribution is -2.25. The summed E-state index contributed by atoms with van der Waals surface area (Å²) in [4.78, 5) is 24.5. The van der Waals surface area contributed by atoms with Crippen molar-refractivity contribution >= 4 is 11.8 Å². The summed E-state index contributed by atoms with van der Waals surface area (Å²) in [5, 5.41) is 0. The van der Waals surface area contributed by atoms with Gasteiger partial charge in [-0.25, -0.2) is 4.79 Å². The average Bonchev–Trinajstić information content (AvgIpc) is 2.34. The molecule has 4 heteroatoms. The molecule has 0 aromatic heterocycles. The molecule has 1 aliphatic heterocycles. The van der Waals surface area contributed by atoms with Crippen molar-refractivity contribution in [3.8, 4) is 0 Å². The molecular formula is C15H21NO3. The fourth-order valence-electron chi connectivity index (χ4n) is 1.75. The Kier molecular flexibility index (Phi) is 6.22. The van der Waals surface area contributed by atoms with E-state index in [2.05, 4.69) is 11.0 Å². The highest BCUT2D eigenvalue weighted by molar-refractivity contribution is 5.87. The van der Waals surface area contributed by atoms with Crippen LogP contribution in [-0.2, 0) is 14.3 Å². The first-order valence-electron chi connectivity index (χ1n) is 6.42. The van der Waals surface area contributed by atoms with E-state index in [-0.39, 0.29) is 5.78 Å². The lowest BCUT2D eigenvalue weighted by Gasteiger charge is -2.20. The van der Waals surface area contributed by atoms with Crippen molar-refractivity contribution in [1.29, 1.82) is 0 Å². The zero-order valence-electron chi connectivity index (χ0n) is 11.8. The predicted molar refractivity (Wildman–Crippen MR) is 74.7 cm³/mol. The van der Waals surface area contributed by atoms with E-state index in [1.165, 1.54) is 19.1 Å². The fraction of sp³-hybridized carbons (Fsp3) is 0.467. The highest BCUT2D eigenvalue weighted by Gasteiger charge is 2.07. The maximum Gasteiger partial charge on any atom is 0.331 e. The minimum absolute atomic E-state index is 0.0613. The summed E-state index contributed by atoms with van der Waals surface area (Å²) in [6.07, 6.45) is 8.93. The van der Waals surface area contributed by atoms with E-state index in [4.69, 9.17) is 4.74 Å². The molecule has 19 heavy (non-hydrogen) atoms. The van der Waals surface area contributed by atoms with E-state index in [9.17, 15) is 9.59 Å². The number of carbonyl (C=O) groups is 2. The standard InChI is InChI=1S/C15H21NO3/c1-12(17)6-7-13(2)19-15(18)9-8-14-5-4-10-16(3)11-14/h5-9,13H,4,10-11H2,1-3H3/b7-6-,9-8+/t13-/m1/s1. The third kappa shape index (κ3) is 6.72. The van der Waals surface area contributed by atoms with Gasteiger partial charge in [-0.05, 0) is 45.0 Å². The fourth-order valence-corrected chi connectivity index (χ4v) is 1.75. The summed E-state index contributed by atoms with van der Waals surface area (Å²) in [6.45, 7) is 5.08. The SMILES string of the molecule is CC(=O)/C=C\[C@@H](C)OC(=O)/C=C/C1=CCCN(C)C1.